The first-order valence-electron chi connectivity index (χ1n) is 12.1. The fraction of sp³-hybridized carbons (Fsp3) is 0.0323. The topological polar surface area (TPSA) is 84.4 Å². The Morgan fingerprint density at radius 2 is 1.55 bits per heavy atom. The minimum atomic E-state index is -0.237. The predicted molar refractivity (Wildman–Crippen MR) is 145 cm³/mol. The molecule has 0 atom stereocenters. The van der Waals surface area contributed by atoms with Crippen molar-refractivity contribution in [1.82, 2.24) is 9.97 Å². The van der Waals surface area contributed by atoms with E-state index in [1.165, 1.54) is 0 Å². The van der Waals surface area contributed by atoms with E-state index in [2.05, 4.69) is 15.3 Å². The minimum absolute atomic E-state index is 0.182. The molecule has 0 saturated carbocycles. The number of ether oxygens (including phenoxy) is 1. The maximum Gasteiger partial charge on any atom is 0.258 e. The Bertz CT molecular complexity index is 1640. The molecule has 0 spiro atoms. The van der Waals surface area contributed by atoms with Gasteiger partial charge < -0.3 is 15.0 Å². The van der Waals surface area contributed by atoms with Crippen molar-refractivity contribution >= 4 is 23.2 Å². The highest BCUT2D eigenvalue weighted by molar-refractivity contribution is 6.10. The number of hydrogen-bond acceptors (Lipinski definition) is 5. The van der Waals surface area contributed by atoms with E-state index < -0.39 is 0 Å². The minimum Gasteiger partial charge on any atom is -0.436 e. The maximum absolute atomic E-state index is 13.6. The van der Waals surface area contributed by atoms with Gasteiger partial charge in [-0.05, 0) is 71.8 Å². The van der Waals surface area contributed by atoms with Crippen molar-refractivity contribution in [2.45, 2.75) is 6.54 Å². The summed E-state index contributed by atoms with van der Waals surface area (Å²) in [5.74, 6) is 0.633. The van der Waals surface area contributed by atoms with Crippen LogP contribution in [0.5, 0.6) is 11.6 Å². The van der Waals surface area contributed by atoms with Crippen LogP contribution in [-0.4, -0.2) is 21.8 Å². The number of amides is 2. The maximum atomic E-state index is 13.6. The molecule has 38 heavy (non-hydrogen) atoms. The normalized spacial score (nSPS) is 11.9. The number of para-hydroxylation sites is 2. The molecular weight excluding hydrogens is 476 g/mol. The SMILES string of the molecule is O=C(Nc1ccc(C(=O)N2Cc3cccnc3Oc3ccccc32)cc1)c1ccccc1-c1ccncc1. The number of hydrogen-bond donors (Lipinski definition) is 1. The Kier molecular flexibility index (Phi) is 6.08. The molecule has 0 unspecified atom stereocenters. The van der Waals surface area contributed by atoms with Crippen LogP contribution in [0.1, 0.15) is 26.3 Å². The van der Waals surface area contributed by atoms with Gasteiger partial charge in [0.15, 0.2) is 5.75 Å². The van der Waals surface area contributed by atoms with Crippen molar-refractivity contribution in [3.63, 3.8) is 0 Å². The third kappa shape index (κ3) is 4.49. The number of anilines is 2. The first kappa shape index (κ1) is 23.1. The van der Waals surface area contributed by atoms with Gasteiger partial charge in [-0.1, -0.05) is 36.4 Å². The Morgan fingerprint density at radius 3 is 2.39 bits per heavy atom. The second-order valence-corrected chi connectivity index (χ2v) is 8.74. The summed E-state index contributed by atoms with van der Waals surface area (Å²) in [7, 11) is 0. The standard InChI is InChI=1S/C31H22N4O3/c36-29(26-8-2-1-7-25(26)21-15-18-32-19-16-21)34-24-13-11-22(12-14-24)31(37)35-20-23-6-5-17-33-30(23)38-28-10-4-3-9-27(28)35/h1-19H,20H2,(H,34,36). The van der Waals surface area contributed by atoms with Crippen molar-refractivity contribution in [2.24, 2.45) is 0 Å². The van der Waals surface area contributed by atoms with Crippen LogP contribution < -0.4 is 15.0 Å². The third-order valence-electron chi connectivity index (χ3n) is 6.34. The zero-order chi connectivity index (χ0) is 25.9. The fourth-order valence-electron chi connectivity index (χ4n) is 4.46. The van der Waals surface area contributed by atoms with Crippen LogP contribution in [0.25, 0.3) is 11.1 Å². The lowest BCUT2D eigenvalue weighted by molar-refractivity contribution is 0.0984. The largest absolute Gasteiger partial charge is 0.436 e. The monoisotopic (exact) mass is 498 g/mol. The van der Waals surface area contributed by atoms with Gasteiger partial charge >= 0.3 is 0 Å². The van der Waals surface area contributed by atoms with E-state index in [1.807, 2.05) is 66.7 Å². The van der Waals surface area contributed by atoms with Crippen LogP contribution in [0.3, 0.4) is 0 Å². The molecule has 6 rings (SSSR count). The van der Waals surface area contributed by atoms with Crippen LogP contribution >= 0.6 is 0 Å². The summed E-state index contributed by atoms with van der Waals surface area (Å²) >= 11 is 0. The number of nitrogens with one attached hydrogen (secondary N) is 1. The summed E-state index contributed by atoms with van der Waals surface area (Å²) < 4.78 is 6.01. The van der Waals surface area contributed by atoms with Crippen LogP contribution in [0.15, 0.2) is 116 Å². The van der Waals surface area contributed by atoms with E-state index in [1.54, 1.807) is 53.8 Å². The highest BCUT2D eigenvalue weighted by Crippen LogP contribution is 2.38. The molecule has 2 aromatic heterocycles. The first-order chi connectivity index (χ1) is 18.7. The molecule has 5 aromatic rings. The van der Waals surface area contributed by atoms with E-state index >= 15 is 0 Å². The second-order valence-electron chi connectivity index (χ2n) is 8.74. The van der Waals surface area contributed by atoms with Crippen molar-refractivity contribution in [3.05, 3.63) is 132 Å². The highest BCUT2D eigenvalue weighted by atomic mass is 16.5. The zero-order valence-corrected chi connectivity index (χ0v) is 20.2. The van der Waals surface area contributed by atoms with E-state index in [0.717, 1.165) is 16.7 Å². The Hall–Kier alpha value is -5.30. The van der Waals surface area contributed by atoms with E-state index in [4.69, 9.17) is 4.74 Å². The molecule has 2 amide bonds. The van der Waals surface area contributed by atoms with Crippen molar-refractivity contribution < 1.29 is 14.3 Å². The number of nitrogens with zero attached hydrogens (tertiary/aromatic N) is 3. The van der Waals surface area contributed by atoms with Gasteiger partial charge in [0.1, 0.15) is 0 Å². The molecule has 1 N–H and O–H groups in total. The quantitative estimate of drug-likeness (QED) is 0.312. The summed E-state index contributed by atoms with van der Waals surface area (Å²) in [5.41, 5.74) is 4.83. The third-order valence-corrected chi connectivity index (χ3v) is 6.34. The lowest BCUT2D eigenvalue weighted by Gasteiger charge is -2.22. The smallest absolute Gasteiger partial charge is 0.258 e. The molecule has 0 fully saturated rings. The fourth-order valence-corrected chi connectivity index (χ4v) is 4.46. The van der Waals surface area contributed by atoms with Crippen LogP contribution in [-0.2, 0) is 6.54 Å². The highest BCUT2D eigenvalue weighted by Gasteiger charge is 2.26. The lowest BCUT2D eigenvalue weighted by atomic mass is 10.00. The van der Waals surface area contributed by atoms with Crippen molar-refractivity contribution in [1.29, 1.82) is 0 Å². The number of pyridine rings is 2. The molecule has 3 heterocycles. The average molecular weight is 499 g/mol. The predicted octanol–water partition coefficient (Wildman–Crippen LogP) is 6.35. The average Bonchev–Trinajstić information content (AvgIpc) is 3.14. The second kappa shape index (κ2) is 9.99. The summed E-state index contributed by atoms with van der Waals surface area (Å²) in [5, 5.41) is 2.94. The molecular formula is C31H22N4O3. The van der Waals surface area contributed by atoms with Crippen molar-refractivity contribution in [2.75, 3.05) is 10.2 Å². The van der Waals surface area contributed by atoms with Gasteiger partial charge in [0, 0.05) is 41.0 Å². The molecule has 7 nitrogen and oxygen atoms in total. The van der Waals surface area contributed by atoms with Gasteiger partial charge in [0.25, 0.3) is 11.8 Å². The van der Waals surface area contributed by atoms with Gasteiger partial charge in [-0.15, -0.1) is 0 Å². The summed E-state index contributed by atoms with van der Waals surface area (Å²) in [6.07, 6.45) is 5.06. The Labute approximate surface area is 219 Å². The number of rotatable bonds is 4. The number of carbonyl (C=O) groups is 2. The summed E-state index contributed by atoms with van der Waals surface area (Å²) in [6.45, 7) is 0.323. The van der Waals surface area contributed by atoms with Gasteiger partial charge in [0.05, 0.1) is 12.2 Å². The van der Waals surface area contributed by atoms with E-state index in [-0.39, 0.29) is 11.8 Å². The van der Waals surface area contributed by atoms with E-state index in [0.29, 0.717) is 40.7 Å². The molecule has 184 valence electrons. The van der Waals surface area contributed by atoms with Crippen LogP contribution in [0.2, 0.25) is 0 Å². The van der Waals surface area contributed by atoms with Crippen LogP contribution in [0, 0.1) is 0 Å². The molecule has 1 aliphatic rings. The number of fused-ring (bicyclic) bond motifs is 2. The van der Waals surface area contributed by atoms with Crippen molar-refractivity contribution in [3.8, 4) is 22.8 Å². The molecule has 3 aromatic carbocycles. The number of benzene rings is 3. The van der Waals surface area contributed by atoms with Gasteiger partial charge in [-0.3, -0.25) is 14.6 Å². The molecule has 0 saturated heterocycles. The number of carbonyl (C=O) groups excluding carboxylic acids is 2. The Morgan fingerprint density at radius 1 is 0.789 bits per heavy atom. The number of aromatic nitrogens is 2. The molecule has 1 aliphatic heterocycles. The molecule has 0 radical (unpaired) electrons. The summed E-state index contributed by atoms with van der Waals surface area (Å²) in [4.78, 5) is 36.9. The lowest BCUT2D eigenvalue weighted by Crippen LogP contribution is -2.29. The van der Waals surface area contributed by atoms with Crippen LogP contribution in [0.4, 0.5) is 11.4 Å². The summed E-state index contributed by atoms with van der Waals surface area (Å²) in [6, 6.07) is 29.2. The van der Waals surface area contributed by atoms with Gasteiger partial charge in [-0.2, -0.15) is 0 Å². The Balaban J connectivity index is 1.24. The van der Waals surface area contributed by atoms with Gasteiger partial charge in [0.2, 0.25) is 5.88 Å². The molecule has 0 bridgehead atoms. The zero-order valence-electron chi connectivity index (χ0n) is 20.2. The molecule has 7 heteroatoms. The van der Waals surface area contributed by atoms with E-state index in [9.17, 15) is 9.59 Å². The first-order valence-corrected chi connectivity index (χ1v) is 12.1. The van der Waals surface area contributed by atoms with Gasteiger partial charge in [-0.25, -0.2) is 4.98 Å². The molecule has 0 aliphatic carbocycles.